The molecular formula is C16H9Cl2NO. The van der Waals surface area contributed by atoms with Crippen molar-refractivity contribution in [2.45, 2.75) is 0 Å². The van der Waals surface area contributed by atoms with Gasteiger partial charge in [-0.2, -0.15) is 0 Å². The molecule has 98 valence electrons. The number of halogens is 2. The molecule has 0 unspecified atom stereocenters. The second kappa shape index (κ2) is 5.23. The Hall–Kier alpha value is -1.90. The van der Waals surface area contributed by atoms with Gasteiger partial charge in [-0.1, -0.05) is 41.4 Å². The maximum Gasteiger partial charge on any atom is 0.193 e. The van der Waals surface area contributed by atoms with Crippen LogP contribution in [0.25, 0.3) is 10.9 Å². The number of ketones is 1. The molecule has 0 aliphatic rings. The van der Waals surface area contributed by atoms with Gasteiger partial charge in [-0.3, -0.25) is 9.78 Å². The maximum atomic E-state index is 12.6. The highest BCUT2D eigenvalue weighted by Crippen LogP contribution is 2.24. The first-order valence-corrected chi connectivity index (χ1v) is 6.75. The van der Waals surface area contributed by atoms with E-state index in [2.05, 4.69) is 4.98 Å². The van der Waals surface area contributed by atoms with Gasteiger partial charge in [0.25, 0.3) is 0 Å². The lowest BCUT2D eigenvalue weighted by Crippen LogP contribution is -2.02. The Balaban J connectivity index is 2.17. The number of nitrogens with zero attached hydrogens (tertiary/aromatic N) is 1. The van der Waals surface area contributed by atoms with E-state index in [1.165, 1.54) is 0 Å². The van der Waals surface area contributed by atoms with E-state index < -0.39 is 0 Å². The number of aromatic nitrogens is 1. The summed E-state index contributed by atoms with van der Waals surface area (Å²) in [6.07, 6.45) is 1.63. The molecule has 0 spiro atoms. The summed E-state index contributed by atoms with van der Waals surface area (Å²) < 4.78 is 0. The molecule has 0 aliphatic heterocycles. The van der Waals surface area contributed by atoms with Gasteiger partial charge in [0.2, 0.25) is 0 Å². The molecule has 1 heterocycles. The number of carbonyl (C=O) groups excluding carboxylic acids is 1. The molecule has 3 aromatic rings. The fourth-order valence-electron chi connectivity index (χ4n) is 2.13. The van der Waals surface area contributed by atoms with E-state index in [0.29, 0.717) is 21.2 Å². The summed E-state index contributed by atoms with van der Waals surface area (Å²) in [5.41, 5.74) is 1.85. The molecule has 0 amide bonds. The second-order valence-corrected chi connectivity index (χ2v) is 5.24. The van der Waals surface area contributed by atoms with Gasteiger partial charge >= 0.3 is 0 Å². The third kappa shape index (κ3) is 2.40. The molecule has 1 aromatic heterocycles. The smallest absolute Gasteiger partial charge is 0.193 e. The van der Waals surface area contributed by atoms with Gasteiger partial charge in [0.1, 0.15) is 0 Å². The van der Waals surface area contributed by atoms with E-state index in [9.17, 15) is 4.79 Å². The highest BCUT2D eigenvalue weighted by molar-refractivity contribution is 6.35. The predicted molar refractivity (Wildman–Crippen MR) is 81.6 cm³/mol. The third-order valence-corrected chi connectivity index (χ3v) is 3.45. The first kappa shape index (κ1) is 13.1. The molecule has 3 rings (SSSR count). The average Bonchev–Trinajstić information content (AvgIpc) is 2.45. The number of hydrogen-bond donors (Lipinski definition) is 0. The van der Waals surface area contributed by atoms with E-state index in [1.807, 2.05) is 24.3 Å². The Bertz CT molecular complexity index is 789. The van der Waals surface area contributed by atoms with E-state index in [4.69, 9.17) is 23.2 Å². The van der Waals surface area contributed by atoms with Crippen LogP contribution in [0.3, 0.4) is 0 Å². The number of para-hydroxylation sites is 1. The summed E-state index contributed by atoms with van der Waals surface area (Å²) in [5, 5.41) is 1.70. The van der Waals surface area contributed by atoms with E-state index >= 15 is 0 Å². The summed E-state index contributed by atoms with van der Waals surface area (Å²) in [6.45, 7) is 0. The number of pyridine rings is 1. The van der Waals surface area contributed by atoms with Gasteiger partial charge in [0.05, 0.1) is 5.52 Å². The minimum absolute atomic E-state index is 0.118. The van der Waals surface area contributed by atoms with Crippen molar-refractivity contribution in [3.8, 4) is 0 Å². The molecular weight excluding hydrogens is 293 g/mol. The molecule has 0 aliphatic carbocycles. The van der Waals surface area contributed by atoms with Crippen molar-refractivity contribution < 1.29 is 4.79 Å². The first-order valence-electron chi connectivity index (χ1n) is 6.00. The zero-order valence-corrected chi connectivity index (χ0v) is 11.8. The monoisotopic (exact) mass is 301 g/mol. The van der Waals surface area contributed by atoms with E-state index in [0.717, 1.165) is 10.9 Å². The van der Waals surface area contributed by atoms with Gasteiger partial charge in [-0.25, -0.2) is 0 Å². The van der Waals surface area contributed by atoms with E-state index in [-0.39, 0.29) is 5.78 Å². The highest BCUT2D eigenvalue weighted by atomic mass is 35.5. The van der Waals surface area contributed by atoms with Crippen molar-refractivity contribution in [2.75, 3.05) is 0 Å². The number of fused-ring (bicyclic) bond motifs is 1. The van der Waals surface area contributed by atoms with Crippen LogP contribution in [0.5, 0.6) is 0 Å². The van der Waals surface area contributed by atoms with Crippen LogP contribution < -0.4 is 0 Å². The molecule has 0 bridgehead atoms. The van der Waals surface area contributed by atoms with Crippen molar-refractivity contribution in [1.82, 2.24) is 4.98 Å². The fraction of sp³-hybridized carbons (Fsp3) is 0. The van der Waals surface area contributed by atoms with Crippen molar-refractivity contribution >= 4 is 39.9 Å². The van der Waals surface area contributed by atoms with Crippen LogP contribution in [0.1, 0.15) is 15.9 Å². The predicted octanol–water partition coefficient (Wildman–Crippen LogP) is 4.77. The standard InChI is InChI=1S/C16H9Cl2NO/c17-11-7-10(8-12(18)9-11)16(20)14-5-6-19-15-4-2-1-3-13(14)15/h1-9H. The third-order valence-electron chi connectivity index (χ3n) is 3.02. The molecule has 2 nitrogen and oxygen atoms in total. The first-order chi connectivity index (χ1) is 9.65. The van der Waals surface area contributed by atoms with Crippen LogP contribution >= 0.6 is 23.2 Å². The van der Waals surface area contributed by atoms with Gasteiger partial charge in [0, 0.05) is 32.8 Å². The van der Waals surface area contributed by atoms with Gasteiger partial charge in [0.15, 0.2) is 5.78 Å². The van der Waals surface area contributed by atoms with Gasteiger partial charge in [-0.05, 0) is 30.3 Å². The summed E-state index contributed by atoms with van der Waals surface area (Å²) in [7, 11) is 0. The minimum Gasteiger partial charge on any atom is -0.289 e. The maximum absolute atomic E-state index is 12.6. The molecule has 0 N–H and O–H groups in total. The lowest BCUT2D eigenvalue weighted by atomic mass is 10.00. The quantitative estimate of drug-likeness (QED) is 0.638. The van der Waals surface area contributed by atoms with Crippen LogP contribution in [0.4, 0.5) is 0 Å². The van der Waals surface area contributed by atoms with Crippen molar-refractivity contribution in [1.29, 1.82) is 0 Å². The van der Waals surface area contributed by atoms with Crippen LogP contribution in [0.2, 0.25) is 10.0 Å². The summed E-state index contributed by atoms with van der Waals surface area (Å²) >= 11 is 11.9. The summed E-state index contributed by atoms with van der Waals surface area (Å²) in [5.74, 6) is -0.118. The Morgan fingerprint density at radius 2 is 1.65 bits per heavy atom. The molecule has 0 saturated heterocycles. The lowest BCUT2D eigenvalue weighted by Gasteiger charge is -2.06. The number of hydrogen-bond acceptors (Lipinski definition) is 2. The van der Waals surface area contributed by atoms with Crippen LogP contribution in [0.15, 0.2) is 54.7 Å². The van der Waals surface area contributed by atoms with Crippen molar-refractivity contribution in [3.05, 3.63) is 75.9 Å². The minimum atomic E-state index is -0.118. The molecule has 20 heavy (non-hydrogen) atoms. The number of carbonyl (C=O) groups is 1. The van der Waals surface area contributed by atoms with Crippen molar-refractivity contribution in [3.63, 3.8) is 0 Å². The van der Waals surface area contributed by atoms with Gasteiger partial charge < -0.3 is 0 Å². The summed E-state index contributed by atoms with van der Waals surface area (Å²) in [4.78, 5) is 16.9. The van der Waals surface area contributed by atoms with E-state index in [1.54, 1.807) is 30.5 Å². The van der Waals surface area contributed by atoms with Gasteiger partial charge in [-0.15, -0.1) is 0 Å². The van der Waals surface area contributed by atoms with Crippen LogP contribution in [-0.4, -0.2) is 10.8 Å². The zero-order chi connectivity index (χ0) is 14.1. The normalized spacial score (nSPS) is 10.7. The SMILES string of the molecule is O=C(c1cc(Cl)cc(Cl)c1)c1ccnc2ccccc12. The molecule has 0 fully saturated rings. The van der Waals surface area contributed by atoms with Crippen LogP contribution in [0, 0.1) is 0 Å². The Labute approximate surface area is 126 Å². The largest absolute Gasteiger partial charge is 0.289 e. The van der Waals surface area contributed by atoms with Crippen molar-refractivity contribution in [2.24, 2.45) is 0 Å². The summed E-state index contributed by atoms with van der Waals surface area (Å²) in [6, 6.07) is 14.1. The molecule has 0 radical (unpaired) electrons. The van der Waals surface area contributed by atoms with Crippen LogP contribution in [-0.2, 0) is 0 Å². The zero-order valence-electron chi connectivity index (χ0n) is 10.3. The second-order valence-electron chi connectivity index (χ2n) is 4.36. The lowest BCUT2D eigenvalue weighted by molar-refractivity contribution is 0.104. The number of rotatable bonds is 2. The topological polar surface area (TPSA) is 30.0 Å². The average molecular weight is 302 g/mol. The molecule has 0 atom stereocenters. The molecule has 0 saturated carbocycles. The Morgan fingerprint density at radius 1 is 0.950 bits per heavy atom. The number of benzene rings is 2. The Kier molecular flexibility index (Phi) is 3.43. The fourth-order valence-corrected chi connectivity index (χ4v) is 2.66. The Morgan fingerprint density at radius 3 is 2.40 bits per heavy atom. The molecule has 4 heteroatoms. The highest BCUT2D eigenvalue weighted by Gasteiger charge is 2.14. The molecule has 2 aromatic carbocycles.